The minimum absolute atomic E-state index is 0.143. The summed E-state index contributed by atoms with van der Waals surface area (Å²) in [6.45, 7) is 9.77. The first kappa shape index (κ1) is 18.1. The van der Waals surface area contributed by atoms with E-state index in [9.17, 15) is 10.1 Å². The maximum Gasteiger partial charge on any atom is 0.283 e. The van der Waals surface area contributed by atoms with E-state index in [-0.39, 0.29) is 10.6 Å². The van der Waals surface area contributed by atoms with Gasteiger partial charge in [0.1, 0.15) is 0 Å². The van der Waals surface area contributed by atoms with Gasteiger partial charge < -0.3 is 5.32 Å². The molecule has 118 valence electrons. The van der Waals surface area contributed by atoms with Crippen molar-refractivity contribution in [1.82, 2.24) is 5.32 Å². The first-order chi connectivity index (χ1) is 9.88. The molecular weight excluding hydrogens is 332 g/mol. The highest BCUT2D eigenvalue weighted by Crippen LogP contribution is 2.32. The molecule has 0 saturated carbocycles. The summed E-state index contributed by atoms with van der Waals surface area (Å²) in [4.78, 5) is 10.7. The van der Waals surface area contributed by atoms with Gasteiger partial charge in [0, 0.05) is 12.1 Å². The Bertz CT molecular complexity index is 477. The molecule has 4 nitrogen and oxygen atoms in total. The first-order valence-electron chi connectivity index (χ1n) is 7.53. The Morgan fingerprint density at radius 1 is 1.33 bits per heavy atom. The van der Waals surface area contributed by atoms with Crippen molar-refractivity contribution in [2.75, 3.05) is 6.54 Å². The van der Waals surface area contributed by atoms with Crippen molar-refractivity contribution in [2.45, 2.75) is 46.6 Å². The van der Waals surface area contributed by atoms with E-state index in [0.29, 0.717) is 22.4 Å². The number of nitro benzene ring substituents is 1. The van der Waals surface area contributed by atoms with Crippen LogP contribution in [0.25, 0.3) is 0 Å². The molecule has 0 aliphatic heterocycles. The van der Waals surface area contributed by atoms with Gasteiger partial charge in [-0.15, -0.1) is 0 Å². The Hall–Kier alpha value is -0.940. The lowest BCUT2D eigenvalue weighted by Crippen LogP contribution is -2.37. The van der Waals surface area contributed by atoms with Gasteiger partial charge in [-0.3, -0.25) is 10.1 Å². The number of nitro groups is 1. The molecule has 1 rings (SSSR count). The summed E-state index contributed by atoms with van der Waals surface area (Å²) in [6, 6.07) is 5.66. The molecule has 0 fully saturated rings. The highest BCUT2D eigenvalue weighted by molar-refractivity contribution is 9.10. The fourth-order valence-electron chi connectivity index (χ4n) is 2.63. The summed E-state index contributed by atoms with van der Waals surface area (Å²) in [5, 5.41) is 14.6. The highest BCUT2D eigenvalue weighted by atomic mass is 79.9. The van der Waals surface area contributed by atoms with Gasteiger partial charge in [-0.05, 0) is 59.6 Å². The molecule has 0 amide bonds. The smallest absolute Gasteiger partial charge is 0.283 e. The fourth-order valence-corrected chi connectivity index (χ4v) is 3.20. The molecule has 1 aromatic carbocycles. The average molecular weight is 357 g/mol. The molecule has 0 saturated heterocycles. The second kappa shape index (κ2) is 8.49. The van der Waals surface area contributed by atoms with Crippen molar-refractivity contribution in [1.29, 1.82) is 0 Å². The summed E-state index contributed by atoms with van der Waals surface area (Å²) in [5.41, 5.74) is 1.15. The maximum absolute atomic E-state index is 11.0. The number of benzene rings is 1. The molecule has 2 unspecified atom stereocenters. The molecule has 1 aromatic rings. The van der Waals surface area contributed by atoms with E-state index in [1.165, 1.54) is 6.07 Å². The molecule has 0 spiro atoms. The number of nitrogens with zero attached hydrogens (tertiary/aromatic N) is 1. The van der Waals surface area contributed by atoms with Crippen LogP contribution in [0.2, 0.25) is 0 Å². The molecule has 2 atom stereocenters. The summed E-state index contributed by atoms with van der Waals surface area (Å²) in [7, 11) is 0. The van der Waals surface area contributed by atoms with Crippen molar-refractivity contribution in [3.8, 4) is 0 Å². The number of nitrogens with one attached hydrogen (secondary N) is 1. The van der Waals surface area contributed by atoms with E-state index in [4.69, 9.17) is 0 Å². The lowest BCUT2D eigenvalue weighted by molar-refractivity contribution is -0.385. The summed E-state index contributed by atoms with van der Waals surface area (Å²) >= 11 is 3.40. The molecule has 0 aliphatic rings. The van der Waals surface area contributed by atoms with E-state index in [0.717, 1.165) is 24.9 Å². The van der Waals surface area contributed by atoms with Crippen LogP contribution in [0.5, 0.6) is 0 Å². The Labute approximate surface area is 135 Å². The predicted octanol–water partition coefficient (Wildman–Crippen LogP) is 4.56. The number of hydrogen-bond donors (Lipinski definition) is 1. The topological polar surface area (TPSA) is 55.2 Å². The van der Waals surface area contributed by atoms with Crippen LogP contribution in [0, 0.1) is 22.0 Å². The van der Waals surface area contributed by atoms with Crippen LogP contribution < -0.4 is 5.32 Å². The molecule has 21 heavy (non-hydrogen) atoms. The van der Waals surface area contributed by atoms with E-state index >= 15 is 0 Å². The summed E-state index contributed by atoms with van der Waals surface area (Å²) in [6.07, 6.45) is 1.94. The zero-order valence-electron chi connectivity index (χ0n) is 13.2. The minimum Gasteiger partial charge on any atom is -0.314 e. The second-order valence-corrected chi connectivity index (χ2v) is 6.66. The van der Waals surface area contributed by atoms with Gasteiger partial charge in [0.15, 0.2) is 0 Å². The van der Waals surface area contributed by atoms with Crippen molar-refractivity contribution < 1.29 is 4.92 Å². The van der Waals surface area contributed by atoms with Gasteiger partial charge in [0.05, 0.1) is 9.40 Å². The number of rotatable bonds is 8. The largest absolute Gasteiger partial charge is 0.314 e. The van der Waals surface area contributed by atoms with Crippen LogP contribution in [0.3, 0.4) is 0 Å². The van der Waals surface area contributed by atoms with Gasteiger partial charge in [0.25, 0.3) is 5.69 Å². The molecule has 0 aromatic heterocycles. The van der Waals surface area contributed by atoms with Crippen molar-refractivity contribution in [3.05, 3.63) is 38.3 Å². The molecule has 0 heterocycles. The fraction of sp³-hybridized carbons (Fsp3) is 0.625. The van der Waals surface area contributed by atoms with E-state index < -0.39 is 0 Å². The number of hydrogen-bond acceptors (Lipinski definition) is 3. The van der Waals surface area contributed by atoms with Gasteiger partial charge in [-0.1, -0.05) is 32.9 Å². The Morgan fingerprint density at radius 3 is 2.52 bits per heavy atom. The highest BCUT2D eigenvalue weighted by Gasteiger charge is 2.24. The normalized spacial score (nSPS) is 14.2. The van der Waals surface area contributed by atoms with Crippen molar-refractivity contribution in [2.24, 2.45) is 11.8 Å². The average Bonchev–Trinajstić information content (AvgIpc) is 2.42. The maximum atomic E-state index is 11.0. The Kier molecular flexibility index (Phi) is 7.32. The Balaban J connectivity index is 2.94. The molecule has 0 bridgehead atoms. The van der Waals surface area contributed by atoms with Gasteiger partial charge in [0.2, 0.25) is 0 Å². The Morgan fingerprint density at radius 2 is 2.00 bits per heavy atom. The lowest BCUT2D eigenvalue weighted by Gasteiger charge is -2.29. The molecule has 5 heteroatoms. The van der Waals surface area contributed by atoms with Gasteiger partial charge in [-0.2, -0.15) is 0 Å². The van der Waals surface area contributed by atoms with E-state index in [1.807, 2.05) is 6.07 Å². The zero-order valence-corrected chi connectivity index (χ0v) is 14.8. The number of halogens is 1. The molecule has 0 aliphatic carbocycles. The standard InChI is InChI=1S/C16H25BrN2O2/c1-5-9-18-12(4)14(11(2)3)10-13-7-6-8-15(16(13)17)19(20)21/h6-8,11-12,14,18H,5,9-10H2,1-4H3. The predicted molar refractivity (Wildman–Crippen MR) is 90.6 cm³/mol. The van der Waals surface area contributed by atoms with Crippen LogP contribution in [0.15, 0.2) is 22.7 Å². The van der Waals surface area contributed by atoms with E-state index in [2.05, 4.69) is 48.9 Å². The summed E-state index contributed by atoms with van der Waals surface area (Å²) in [5.74, 6) is 0.949. The van der Waals surface area contributed by atoms with Crippen molar-refractivity contribution >= 4 is 21.6 Å². The molecular formula is C16H25BrN2O2. The molecule has 1 N–H and O–H groups in total. The van der Waals surface area contributed by atoms with Crippen LogP contribution in [0.1, 0.15) is 39.7 Å². The second-order valence-electron chi connectivity index (χ2n) is 5.86. The van der Waals surface area contributed by atoms with Crippen molar-refractivity contribution in [3.63, 3.8) is 0 Å². The molecule has 0 radical (unpaired) electrons. The third-order valence-electron chi connectivity index (χ3n) is 3.93. The quantitative estimate of drug-likeness (QED) is 0.548. The van der Waals surface area contributed by atoms with Crippen LogP contribution in [0.4, 0.5) is 5.69 Å². The van der Waals surface area contributed by atoms with Gasteiger partial charge in [-0.25, -0.2) is 0 Å². The minimum atomic E-state index is -0.337. The lowest BCUT2D eigenvalue weighted by atomic mass is 9.84. The third kappa shape index (κ3) is 5.08. The monoisotopic (exact) mass is 356 g/mol. The summed E-state index contributed by atoms with van der Waals surface area (Å²) < 4.78 is 0.614. The zero-order chi connectivity index (χ0) is 16.0. The third-order valence-corrected chi connectivity index (χ3v) is 4.84. The van der Waals surface area contributed by atoms with Crippen LogP contribution in [-0.2, 0) is 6.42 Å². The van der Waals surface area contributed by atoms with Crippen LogP contribution >= 0.6 is 15.9 Å². The van der Waals surface area contributed by atoms with Crippen LogP contribution in [-0.4, -0.2) is 17.5 Å². The SMILES string of the molecule is CCCNC(C)C(Cc1cccc([N+](=O)[O-])c1Br)C(C)C. The van der Waals surface area contributed by atoms with Gasteiger partial charge >= 0.3 is 0 Å². The first-order valence-corrected chi connectivity index (χ1v) is 8.32. The van der Waals surface area contributed by atoms with E-state index in [1.54, 1.807) is 6.07 Å².